The molecular formula is C19H33IN4O2S. The number of nitrogens with zero attached hydrogens (tertiary/aromatic N) is 2. The maximum atomic E-state index is 11.8. The van der Waals surface area contributed by atoms with Gasteiger partial charge in [0, 0.05) is 38.6 Å². The number of halogens is 1. The van der Waals surface area contributed by atoms with Crippen molar-refractivity contribution in [3.05, 3.63) is 35.4 Å². The van der Waals surface area contributed by atoms with Crippen molar-refractivity contribution in [1.82, 2.24) is 14.9 Å². The molecule has 2 N–H and O–H groups in total. The van der Waals surface area contributed by atoms with Crippen LogP contribution in [0.2, 0.25) is 0 Å². The molecule has 27 heavy (non-hydrogen) atoms. The van der Waals surface area contributed by atoms with Gasteiger partial charge in [0.1, 0.15) is 0 Å². The Labute approximate surface area is 181 Å². The third-order valence-electron chi connectivity index (χ3n) is 4.92. The summed E-state index contributed by atoms with van der Waals surface area (Å²) in [5, 5.41) is 6.56. The Hall–Kier alpha value is -0.870. The maximum absolute atomic E-state index is 11.8. The number of aryl methyl sites for hydroxylation is 1. The number of hydrogen-bond acceptors (Lipinski definition) is 3. The number of aliphatic imine (C=N–C) groups is 1. The van der Waals surface area contributed by atoms with E-state index in [9.17, 15) is 8.42 Å². The highest BCUT2D eigenvalue weighted by Crippen LogP contribution is 2.22. The first-order valence-corrected chi connectivity index (χ1v) is 10.9. The van der Waals surface area contributed by atoms with Gasteiger partial charge in [-0.1, -0.05) is 45.0 Å². The number of guanidine groups is 1. The number of sulfonamides is 1. The summed E-state index contributed by atoms with van der Waals surface area (Å²) in [6, 6.07) is 8.74. The quantitative estimate of drug-likeness (QED) is 0.337. The van der Waals surface area contributed by atoms with Crippen molar-refractivity contribution < 1.29 is 8.42 Å². The summed E-state index contributed by atoms with van der Waals surface area (Å²) < 4.78 is 25.2. The molecule has 0 spiro atoms. The first kappa shape index (κ1) is 24.2. The van der Waals surface area contributed by atoms with E-state index in [1.807, 2.05) is 0 Å². The van der Waals surface area contributed by atoms with E-state index in [1.54, 1.807) is 11.4 Å². The van der Waals surface area contributed by atoms with E-state index in [0.717, 1.165) is 19.4 Å². The minimum Gasteiger partial charge on any atom is -0.356 e. The zero-order valence-electron chi connectivity index (χ0n) is 16.8. The van der Waals surface area contributed by atoms with Crippen LogP contribution < -0.4 is 10.6 Å². The van der Waals surface area contributed by atoms with Gasteiger partial charge in [-0.05, 0) is 24.0 Å². The summed E-state index contributed by atoms with van der Waals surface area (Å²) >= 11 is 0. The SMILES string of the molecule is CCc1ccc(C(C)(C)CNC(=NC)NCCN2CCCS2(=O)=O)cc1.I. The van der Waals surface area contributed by atoms with E-state index in [1.165, 1.54) is 11.1 Å². The lowest BCUT2D eigenvalue weighted by Crippen LogP contribution is -2.45. The molecule has 1 heterocycles. The Bertz CT molecular complexity index is 718. The van der Waals surface area contributed by atoms with E-state index < -0.39 is 10.0 Å². The molecule has 1 aliphatic heterocycles. The number of hydrogen-bond donors (Lipinski definition) is 2. The van der Waals surface area contributed by atoms with Gasteiger partial charge in [-0.3, -0.25) is 4.99 Å². The average Bonchev–Trinajstić information content (AvgIpc) is 2.96. The van der Waals surface area contributed by atoms with Crippen LogP contribution in [0.5, 0.6) is 0 Å². The van der Waals surface area contributed by atoms with Gasteiger partial charge < -0.3 is 10.6 Å². The lowest BCUT2D eigenvalue weighted by molar-refractivity contribution is 0.444. The molecule has 0 saturated carbocycles. The van der Waals surface area contributed by atoms with Crippen molar-refractivity contribution in [2.24, 2.45) is 4.99 Å². The van der Waals surface area contributed by atoms with Crippen LogP contribution in [-0.4, -0.2) is 57.7 Å². The summed E-state index contributed by atoms with van der Waals surface area (Å²) in [5.41, 5.74) is 2.58. The van der Waals surface area contributed by atoms with Gasteiger partial charge in [0.25, 0.3) is 0 Å². The van der Waals surface area contributed by atoms with Crippen molar-refractivity contribution in [3.8, 4) is 0 Å². The summed E-state index contributed by atoms with van der Waals surface area (Å²) in [5.74, 6) is 0.963. The van der Waals surface area contributed by atoms with Crippen LogP contribution in [0.1, 0.15) is 38.3 Å². The predicted molar refractivity (Wildman–Crippen MR) is 124 cm³/mol. The van der Waals surface area contributed by atoms with E-state index in [4.69, 9.17) is 0 Å². The van der Waals surface area contributed by atoms with E-state index in [2.05, 4.69) is 60.7 Å². The standard InChI is InChI=1S/C19H32N4O2S.HI/c1-5-16-7-9-17(10-8-16)19(2,3)15-22-18(20-4)21-11-13-23-12-6-14-26(23,24)25;/h7-10H,5-6,11-15H2,1-4H3,(H2,20,21,22);1H. The molecule has 1 aromatic carbocycles. The van der Waals surface area contributed by atoms with Gasteiger partial charge in [0.2, 0.25) is 10.0 Å². The molecule has 0 radical (unpaired) electrons. The van der Waals surface area contributed by atoms with Gasteiger partial charge in [0.05, 0.1) is 5.75 Å². The summed E-state index contributed by atoms with van der Waals surface area (Å²) in [7, 11) is -1.31. The topological polar surface area (TPSA) is 73.8 Å². The largest absolute Gasteiger partial charge is 0.356 e. The molecule has 0 amide bonds. The third kappa shape index (κ3) is 6.90. The molecule has 1 fully saturated rings. The molecule has 0 bridgehead atoms. The predicted octanol–water partition coefficient (Wildman–Crippen LogP) is 2.35. The number of benzene rings is 1. The van der Waals surface area contributed by atoms with Gasteiger partial charge in [-0.25, -0.2) is 12.7 Å². The number of nitrogens with one attached hydrogen (secondary N) is 2. The fraction of sp³-hybridized carbons (Fsp3) is 0.632. The first-order valence-electron chi connectivity index (χ1n) is 9.30. The van der Waals surface area contributed by atoms with Crippen LogP contribution in [0.15, 0.2) is 29.3 Å². The van der Waals surface area contributed by atoms with Gasteiger partial charge in [0.15, 0.2) is 5.96 Å². The van der Waals surface area contributed by atoms with Crippen LogP contribution in [0.25, 0.3) is 0 Å². The van der Waals surface area contributed by atoms with Crippen LogP contribution in [-0.2, 0) is 21.9 Å². The Kier molecular flexibility index (Phi) is 9.50. The van der Waals surface area contributed by atoms with E-state index in [-0.39, 0.29) is 35.1 Å². The molecule has 1 aromatic rings. The maximum Gasteiger partial charge on any atom is 0.214 e. The molecule has 1 saturated heterocycles. The molecule has 2 rings (SSSR count). The monoisotopic (exact) mass is 508 g/mol. The second-order valence-electron chi connectivity index (χ2n) is 7.36. The van der Waals surface area contributed by atoms with Crippen molar-refractivity contribution in [2.45, 2.75) is 39.0 Å². The molecule has 154 valence electrons. The van der Waals surface area contributed by atoms with Crippen molar-refractivity contribution in [2.75, 3.05) is 39.0 Å². The van der Waals surface area contributed by atoms with Crippen LogP contribution in [0.3, 0.4) is 0 Å². The van der Waals surface area contributed by atoms with Crippen LogP contribution >= 0.6 is 24.0 Å². The minimum atomic E-state index is -3.04. The highest BCUT2D eigenvalue weighted by atomic mass is 127. The summed E-state index contributed by atoms with van der Waals surface area (Å²) in [4.78, 5) is 4.24. The summed E-state index contributed by atoms with van der Waals surface area (Å²) in [6.45, 7) is 8.94. The molecule has 1 aliphatic rings. The Morgan fingerprint density at radius 3 is 2.41 bits per heavy atom. The third-order valence-corrected chi connectivity index (χ3v) is 6.88. The zero-order valence-corrected chi connectivity index (χ0v) is 19.9. The van der Waals surface area contributed by atoms with Gasteiger partial charge in [-0.15, -0.1) is 24.0 Å². The molecule has 0 aliphatic carbocycles. The molecule has 0 aromatic heterocycles. The molecular weight excluding hydrogens is 475 g/mol. The average molecular weight is 508 g/mol. The summed E-state index contributed by atoms with van der Waals surface area (Å²) in [6.07, 6.45) is 1.77. The number of rotatable bonds is 7. The van der Waals surface area contributed by atoms with Crippen molar-refractivity contribution in [3.63, 3.8) is 0 Å². The van der Waals surface area contributed by atoms with E-state index >= 15 is 0 Å². The highest BCUT2D eigenvalue weighted by Gasteiger charge is 2.27. The normalized spacial score (nSPS) is 17.4. The lowest BCUT2D eigenvalue weighted by atomic mass is 9.84. The molecule has 6 nitrogen and oxygen atoms in total. The smallest absolute Gasteiger partial charge is 0.214 e. The second kappa shape index (κ2) is 10.6. The van der Waals surface area contributed by atoms with Gasteiger partial charge >= 0.3 is 0 Å². The van der Waals surface area contributed by atoms with Crippen LogP contribution in [0.4, 0.5) is 0 Å². The van der Waals surface area contributed by atoms with E-state index in [0.29, 0.717) is 25.6 Å². The van der Waals surface area contributed by atoms with Gasteiger partial charge in [-0.2, -0.15) is 0 Å². The second-order valence-corrected chi connectivity index (χ2v) is 9.44. The molecule has 0 atom stereocenters. The molecule has 0 unspecified atom stereocenters. The fourth-order valence-corrected chi connectivity index (χ4v) is 4.59. The highest BCUT2D eigenvalue weighted by molar-refractivity contribution is 14.0. The Balaban J connectivity index is 0.00000364. The fourth-order valence-electron chi connectivity index (χ4n) is 3.06. The Morgan fingerprint density at radius 1 is 1.22 bits per heavy atom. The van der Waals surface area contributed by atoms with Crippen molar-refractivity contribution >= 4 is 40.0 Å². The Morgan fingerprint density at radius 2 is 1.89 bits per heavy atom. The van der Waals surface area contributed by atoms with Crippen LogP contribution in [0, 0.1) is 0 Å². The first-order chi connectivity index (χ1) is 12.3. The zero-order chi connectivity index (χ0) is 19.2. The van der Waals surface area contributed by atoms with Crippen molar-refractivity contribution in [1.29, 1.82) is 0 Å². The minimum absolute atomic E-state index is 0. The lowest BCUT2D eigenvalue weighted by Gasteiger charge is -2.27. The molecule has 8 heteroatoms.